The molecule has 212 valence electrons. The van der Waals surface area contributed by atoms with Crippen LogP contribution in [0.3, 0.4) is 0 Å². The molecule has 2 aromatic heterocycles. The smallest absolute Gasteiger partial charge is 0.269 e. The zero-order valence-corrected chi connectivity index (χ0v) is 22.3. The molecule has 0 radical (unpaired) electrons. The third-order valence-corrected chi connectivity index (χ3v) is 6.17. The molecule has 3 aromatic rings. The van der Waals surface area contributed by atoms with Gasteiger partial charge in [0.25, 0.3) is 5.69 Å². The van der Waals surface area contributed by atoms with E-state index in [4.69, 9.17) is 28.7 Å². The molecule has 1 aliphatic rings. The molecule has 0 spiro atoms. The van der Waals surface area contributed by atoms with E-state index in [9.17, 15) is 15.4 Å². The highest BCUT2D eigenvalue weighted by molar-refractivity contribution is 5.81. The second kappa shape index (κ2) is 15.7. The van der Waals surface area contributed by atoms with Gasteiger partial charge in [0.2, 0.25) is 0 Å². The molecule has 12 heteroatoms. The third kappa shape index (κ3) is 8.32. The maximum Gasteiger partial charge on any atom is 0.269 e. The first-order valence-corrected chi connectivity index (χ1v) is 13.1. The highest BCUT2D eigenvalue weighted by Crippen LogP contribution is 2.34. The Hall–Kier alpha value is -3.86. The normalized spacial score (nSPS) is 16.9. The van der Waals surface area contributed by atoms with Gasteiger partial charge in [-0.1, -0.05) is 0 Å². The number of nitrogens with one attached hydrogen (secondary N) is 1. The van der Waals surface area contributed by atoms with Gasteiger partial charge in [-0.2, -0.15) is 5.26 Å². The maximum absolute atomic E-state index is 11.2. The van der Waals surface area contributed by atoms with Crippen molar-refractivity contribution >= 4 is 11.5 Å². The average molecular weight is 552 g/mol. The fourth-order valence-electron chi connectivity index (χ4n) is 4.14. The minimum Gasteiger partial charge on any atom is -0.377 e. The van der Waals surface area contributed by atoms with Crippen LogP contribution >= 0.6 is 0 Å². The zero-order chi connectivity index (χ0) is 28.0. The van der Waals surface area contributed by atoms with Crippen molar-refractivity contribution in [2.24, 2.45) is 0 Å². The summed E-state index contributed by atoms with van der Waals surface area (Å²) in [6, 6.07) is 14.1. The highest BCUT2D eigenvalue weighted by atomic mass is 16.6. The van der Waals surface area contributed by atoms with Crippen LogP contribution < -0.4 is 4.90 Å². The first kappa shape index (κ1) is 29.1. The summed E-state index contributed by atoms with van der Waals surface area (Å²) in [4.78, 5) is 20.8. The summed E-state index contributed by atoms with van der Waals surface area (Å²) in [5.41, 5.74) is 3.04. The van der Waals surface area contributed by atoms with E-state index in [1.54, 1.807) is 18.3 Å². The lowest BCUT2D eigenvalue weighted by Gasteiger charge is -2.26. The minimum atomic E-state index is -0.449. The van der Waals surface area contributed by atoms with E-state index in [1.165, 1.54) is 12.1 Å². The van der Waals surface area contributed by atoms with Crippen LogP contribution in [0.2, 0.25) is 0 Å². The van der Waals surface area contributed by atoms with Crippen molar-refractivity contribution in [2.45, 2.75) is 0 Å². The molecule has 0 saturated carbocycles. The topological polar surface area (TPSA) is 145 Å². The molecule has 0 amide bonds. The van der Waals surface area contributed by atoms with Crippen molar-refractivity contribution in [3.8, 4) is 28.6 Å². The number of anilines is 1. The highest BCUT2D eigenvalue weighted by Gasteiger charge is 2.21. The largest absolute Gasteiger partial charge is 0.377 e. The van der Waals surface area contributed by atoms with Crippen molar-refractivity contribution in [3.63, 3.8) is 0 Å². The number of aromatic nitrogens is 2. The van der Waals surface area contributed by atoms with E-state index in [-0.39, 0.29) is 5.69 Å². The van der Waals surface area contributed by atoms with E-state index >= 15 is 0 Å². The van der Waals surface area contributed by atoms with E-state index in [1.807, 2.05) is 23.1 Å². The van der Waals surface area contributed by atoms with Crippen molar-refractivity contribution in [1.29, 1.82) is 5.26 Å². The van der Waals surface area contributed by atoms with Crippen LogP contribution in [0.1, 0.15) is 5.56 Å². The van der Waals surface area contributed by atoms with Crippen LogP contribution in [0.15, 0.2) is 48.7 Å². The Labute approximate surface area is 232 Å². The Kier molecular flexibility index (Phi) is 11.4. The summed E-state index contributed by atoms with van der Waals surface area (Å²) >= 11 is 0. The van der Waals surface area contributed by atoms with Crippen LogP contribution in [-0.4, -0.2) is 94.0 Å². The molecule has 40 heavy (non-hydrogen) atoms. The lowest BCUT2D eigenvalue weighted by molar-refractivity contribution is -0.384. The predicted octanol–water partition coefficient (Wildman–Crippen LogP) is 3.43. The average Bonchev–Trinajstić information content (AvgIpc) is 3.52. The molecule has 4 rings (SSSR count). The summed E-state index contributed by atoms with van der Waals surface area (Å²) in [6.07, 6.45) is 1.80. The molecule has 1 fully saturated rings. The van der Waals surface area contributed by atoms with Gasteiger partial charge in [0, 0.05) is 37.0 Å². The first-order chi connectivity index (χ1) is 19.7. The van der Waals surface area contributed by atoms with Crippen molar-refractivity contribution in [3.05, 3.63) is 64.3 Å². The van der Waals surface area contributed by atoms with Crippen molar-refractivity contribution in [1.82, 2.24) is 9.97 Å². The van der Waals surface area contributed by atoms with E-state index in [0.717, 1.165) is 5.69 Å². The SMILES string of the molecule is N#Cc1c(-c2ccc([N+](=O)[O-])cc2)cc(-c2ccc[nH]2)nc1N1CCOCCOCCOCCOCCOCC1. The first-order valence-electron chi connectivity index (χ1n) is 13.1. The van der Waals surface area contributed by atoms with E-state index < -0.39 is 4.92 Å². The Morgan fingerprint density at radius 1 is 0.850 bits per heavy atom. The number of nitro benzene ring substituents is 1. The maximum atomic E-state index is 11.2. The van der Waals surface area contributed by atoms with E-state index in [2.05, 4.69) is 11.1 Å². The van der Waals surface area contributed by atoms with Crippen LogP contribution in [0, 0.1) is 21.4 Å². The summed E-state index contributed by atoms with van der Waals surface area (Å²) in [5, 5.41) is 21.5. The molecule has 3 heterocycles. The van der Waals surface area contributed by atoms with Crippen LogP contribution in [0.25, 0.3) is 22.5 Å². The fourth-order valence-corrected chi connectivity index (χ4v) is 4.14. The lowest BCUT2D eigenvalue weighted by atomic mass is 9.99. The van der Waals surface area contributed by atoms with Crippen molar-refractivity contribution in [2.75, 3.05) is 84.1 Å². The number of rotatable bonds is 4. The Morgan fingerprint density at radius 2 is 1.40 bits per heavy atom. The molecule has 0 unspecified atom stereocenters. The quantitative estimate of drug-likeness (QED) is 0.378. The van der Waals surface area contributed by atoms with Gasteiger partial charge in [-0.05, 0) is 35.9 Å². The standard InChI is InChI=1S/C28H33N5O7/c29-21-25-24(22-3-5-23(6-4-22)33(34)35)20-27(26-2-1-7-30-26)31-28(25)32-8-10-36-12-14-38-16-18-40-19-17-39-15-13-37-11-9-32/h1-7,20,30H,8-19H2. The molecule has 1 aliphatic heterocycles. The minimum absolute atomic E-state index is 0.0245. The number of hydrogen-bond acceptors (Lipinski definition) is 10. The summed E-state index contributed by atoms with van der Waals surface area (Å²) in [6.45, 7) is 5.34. The number of nitriles is 1. The molecular formula is C28H33N5O7. The Morgan fingerprint density at radius 3 is 1.88 bits per heavy atom. The number of ether oxygens (including phenoxy) is 5. The second-order valence-corrected chi connectivity index (χ2v) is 8.80. The number of nitro groups is 1. The summed E-state index contributed by atoms with van der Waals surface area (Å²) in [5.74, 6) is 0.481. The Bertz CT molecular complexity index is 1230. The number of benzene rings is 1. The summed E-state index contributed by atoms with van der Waals surface area (Å²) in [7, 11) is 0. The van der Waals surface area contributed by atoms with Crippen LogP contribution in [0.4, 0.5) is 11.5 Å². The molecule has 1 saturated heterocycles. The second-order valence-electron chi connectivity index (χ2n) is 8.80. The molecule has 0 atom stereocenters. The molecular weight excluding hydrogens is 518 g/mol. The van der Waals surface area contributed by atoms with Gasteiger partial charge in [0.1, 0.15) is 17.5 Å². The van der Waals surface area contributed by atoms with Gasteiger partial charge >= 0.3 is 0 Å². The Balaban J connectivity index is 1.64. The number of pyridine rings is 1. The monoisotopic (exact) mass is 551 g/mol. The number of H-pyrrole nitrogens is 1. The van der Waals surface area contributed by atoms with Crippen LogP contribution in [-0.2, 0) is 23.7 Å². The van der Waals surface area contributed by atoms with Gasteiger partial charge in [-0.3, -0.25) is 10.1 Å². The predicted molar refractivity (Wildman–Crippen MR) is 147 cm³/mol. The fraction of sp³-hybridized carbons (Fsp3) is 0.429. The number of hydrogen-bond donors (Lipinski definition) is 1. The molecule has 0 bridgehead atoms. The van der Waals surface area contributed by atoms with Gasteiger partial charge in [0.15, 0.2) is 0 Å². The van der Waals surface area contributed by atoms with E-state index in [0.29, 0.717) is 107 Å². The lowest BCUT2D eigenvalue weighted by Crippen LogP contribution is -2.33. The zero-order valence-electron chi connectivity index (χ0n) is 22.3. The molecule has 1 N–H and O–H groups in total. The third-order valence-electron chi connectivity index (χ3n) is 6.17. The number of aromatic amines is 1. The summed E-state index contributed by atoms with van der Waals surface area (Å²) < 4.78 is 28.2. The molecule has 12 nitrogen and oxygen atoms in total. The van der Waals surface area contributed by atoms with Crippen LogP contribution in [0.5, 0.6) is 0 Å². The molecule has 0 aliphatic carbocycles. The number of non-ortho nitro benzene ring substituents is 1. The van der Waals surface area contributed by atoms with Gasteiger partial charge in [-0.25, -0.2) is 4.98 Å². The van der Waals surface area contributed by atoms with Gasteiger partial charge in [-0.15, -0.1) is 0 Å². The number of nitrogens with zero attached hydrogens (tertiary/aromatic N) is 4. The molecule has 1 aromatic carbocycles. The van der Waals surface area contributed by atoms with Gasteiger partial charge in [0.05, 0.1) is 82.4 Å². The van der Waals surface area contributed by atoms with Crippen molar-refractivity contribution < 1.29 is 28.6 Å². The van der Waals surface area contributed by atoms with Gasteiger partial charge < -0.3 is 33.6 Å².